The monoisotopic (exact) mass is 286 g/mol. The Labute approximate surface area is 129 Å². The van der Waals surface area contributed by atoms with Crippen LogP contribution in [0.15, 0.2) is 18.2 Å². The Morgan fingerprint density at radius 2 is 1.90 bits per heavy atom. The standard InChI is InChI=1S/C19H30N2/c1-3-19(4-2)15-21(12-6-11-20-19)14-16-9-10-17-7-5-8-18(17)13-16/h9-10,13,20H,3-8,11-12,14-15H2,1-2H3. The molecule has 1 aromatic carbocycles. The van der Waals surface area contributed by atoms with Crippen molar-refractivity contribution < 1.29 is 0 Å². The molecule has 1 aliphatic heterocycles. The minimum absolute atomic E-state index is 0.327. The average Bonchev–Trinajstić information content (AvgIpc) is 2.87. The van der Waals surface area contributed by atoms with Gasteiger partial charge in [-0.2, -0.15) is 0 Å². The second-order valence-corrected chi connectivity index (χ2v) is 6.94. The van der Waals surface area contributed by atoms with Crippen LogP contribution < -0.4 is 5.32 Å². The molecular formula is C19H30N2. The molecule has 1 aliphatic carbocycles. The van der Waals surface area contributed by atoms with Crippen LogP contribution in [0.3, 0.4) is 0 Å². The summed E-state index contributed by atoms with van der Waals surface area (Å²) in [5.41, 5.74) is 5.04. The highest BCUT2D eigenvalue weighted by molar-refractivity contribution is 5.35. The molecule has 2 heteroatoms. The summed E-state index contributed by atoms with van der Waals surface area (Å²) in [4.78, 5) is 2.67. The molecule has 1 saturated heterocycles. The van der Waals surface area contributed by atoms with Gasteiger partial charge in [-0.1, -0.05) is 32.0 Å². The molecular weight excluding hydrogens is 256 g/mol. The Hall–Kier alpha value is -0.860. The van der Waals surface area contributed by atoms with E-state index in [1.807, 2.05) is 0 Å². The van der Waals surface area contributed by atoms with E-state index < -0.39 is 0 Å². The van der Waals surface area contributed by atoms with E-state index in [0.717, 1.165) is 6.54 Å². The van der Waals surface area contributed by atoms with Crippen LogP contribution in [0.4, 0.5) is 0 Å². The van der Waals surface area contributed by atoms with Crippen molar-refractivity contribution in [3.05, 3.63) is 34.9 Å². The fourth-order valence-electron chi connectivity index (χ4n) is 4.06. The summed E-state index contributed by atoms with van der Waals surface area (Å²) in [6.45, 7) is 9.37. The van der Waals surface area contributed by atoms with Gasteiger partial charge in [-0.05, 0) is 68.3 Å². The maximum atomic E-state index is 3.81. The van der Waals surface area contributed by atoms with Gasteiger partial charge in [0.15, 0.2) is 0 Å². The Morgan fingerprint density at radius 3 is 2.71 bits per heavy atom. The van der Waals surface area contributed by atoms with Gasteiger partial charge in [0.1, 0.15) is 0 Å². The van der Waals surface area contributed by atoms with Crippen LogP contribution in [-0.2, 0) is 19.4 Å². The largest absolute Gasteiger partial charge is 0.310 e. The molecule has 0 saturated carbocycles. The van der Waals surface area contributed by atoms with Gasteiger partial charge < -0.3 is 5.32 Å². The van der Waals surface area contributed by atoms with Crippen LogP contribution in [0.25, 0.3) is 0 Å². The fraction of sp³-hybridized carbons (Fsp3) is 0.684. The molecule has 0 radical (unpaired) electrons. The summed E-state index contributed by atoms with van der Waals surface area (Å²) >= 11 is 0. The minimum Gasteiger partial charge on any atom is -0.310 e. The molecule has 0 aromatic heterocycles. The zero-order chi connectivity index (χ0) is 14.7. The predicted molar refractivity (Wildman–Crippen MR) is 89.7 cm³/mol. The van der Waals surface area contributed by atoms with E-state index in [4.69, 9.17) is 0 Å². The van der Waals surface area contributed by atoms with Crippen molar-refractivity contribution in [2.45, 2.75) is 64.5 Å². The lowest BCUT2D eigenvalue weighted by molar-refractivity contribution is 0.191. The van der Waals surface area contributed by atoms with Gasteiger partial charge in [-0.25, -0.2) is 0 Å². The maximum Gasteiger partial charge on any atom is 0.0303 e. The number of nitrogens with zero attached hydrogens (tertiary/aromatic N) is 1. The topological polar surface area (TPSA) is 15.3 Å². The fourth-order valence-corrected chi connectivity index (χ4v) is 4.06. The summed E-state index contributed by atoms with van der Waals surface area (Å²) in [5, 5.41) is 3.81. The summed E-state index contributed by atoms with van der Waals surface area (Å²) in [5.74, 6) is 0. The van der Waals surface area contributed by atoms with Crippen molar-refractivity contribution in [3.63, 3.8) is 0 Å². The van der Waals surface area contributed by atoms with Crippen molar-refractivity contribution in [2.24, 2.45) is 0 Å². The van der Waals surface area contributed by atoms with E-state index in [2.05, 4.69) is 42.3 Å². The molecule has 21 heavy (non-hydrogen) atoms. The summed E-state index contributed by atoms with van der Waals surface area (Å²) < 4.78 is 0. The molecule has 2 nitrogen and oxygen atoms in total. The number of nitrogens with one attached hydrogen (secondary N) is 1. The molecule has 2 aliphatic rings. The van der Waals surface area contributed by atoms with E-state index in [9.17, 15) is 0 Å². The third kappa shape index (κ3) is 3.32. The van der Waals surface area contributed by atoms with Crippen LogP contribution in [0.1, 0.15) is 56.2 Å². The number of rotatable bonds is 4. The first-order chi connectivity index (χ1) is 10.2. The van der Waals surface area contributed by atoms with Crippen molar-refractivity contribution in [1.29, 1.82) is 0 Å². The van der Waals surface area contributed by atoms with Gasteiger partial charge in [0, 0.05) is 18.6 Å². The predicted octanol–water partition coefficient (Wildman–Crippen LogP) is 3.53. The van der Waals surface area contributed by atoms with Crippen LogP contribution in [0, 0.1) is 0 Å². The minimum atomic E-state index is 0.327. The average molecular weight is 286 g/mol. The first kappa shape index (κ1) is 15.1. The van der Waals surface area contributed by atoms with Crippen molar-refractivity contribution in [3.8, 4) is 0 Å². The Balaban J connectivity index is 1.71. The molecule has 0 spiro atoms. The van der Waals surface area contributed by atoms with Gasteiger partial charge >= 0.3 is 0 Å². The summed E-state index contributed by atoms with van der Waals surface area (Å²) in [6, 6.07) is 7.21. The molecule has 116 valence electrons. The van der Waals surface area contributed by atoms with Crippen LogP contribution in [0.5, 0.6) is 0 Å². The third-order valence-corrected chi connectivity index (χ3v) is 5.60. The summed E-state index contributed by atoms with van der Waals surface area (Å²) in [7, 11) is 0. The highest BCUT2D eigenvalue weighted by Crippen LogP contribution is 2.25. The molecule has 1 heterocycles. The quantitative estimate of drug-likeness (QED) is 0.911. The van der Waals surface area contributed by atoms with E-state index in [1.165, 1.54) is 63.7 Å². The number of fused-ring (bicyclic) bond motifs is 1. The molecule has 1 aromatic rings. The number of aryl methyl sites for hydroxylation is 2. The molecule has 0 bridgehead atoms. The first-order valence-electron chi connectivity index (χ1n) is 8.83. The molecule has 0 atom stereocenters. The Morgan fingerprint density at radius 1 is 1.10 bits per heavy atom. The van der Waals surface area contributed by atoms with Gasteiger partial charge in [-0.3, -0.25) is 4.90 Å². The second-order valence-electron chi connectivity index (χ2n) is 6.94. The van der Waals surface area contributed by atoms with Crippen LogP contribution in [0.2, 0.25) is 0 Å². The van der Waals surface area contributed by atoms with Crippen molar-refractivity contribution >= 4 is 0 Å². The Kier molecular flexibility index (Phi) is 4.66. The zero-order valence-corrected chi connectivity index (χ0v) is 13.8. The lowest BCUT2D eigenvalue weighted by Gasteiger charge is -2.35. The molecule has 1 N–H and O–H groups in total. The molecule has 1 fully saturated rings. The lowest BCUT2D eigenvalue weighted by Crippen LogP contribution is -2.50. The summed E-state index contributed by atoms with van der Waals surface area (Å²) in [6.07, 6.45) is 7.65. The Bertz CT molecular complexity index is 476. The highest BCUT2D eigenvalue weighted by atomic mass is 15.2. The second kappa shape index (κ2) is 6.50. The van der Waals surface area contributed by atoms with Gasteiger partial charge in [-0.15, -0.1) is 0 Å². The third-order valence-electron chi connectivity index (χ3n) is 5.60. The van der Waals surface area contributed by atoms with Gasteiger partial charge in [0.05, 0.1) is 0 Å². The van der Waals surface area contributed by atoms with Crippen molar-refractivity contribution in [2.75, 3.05) is 19.6 Å². The molecule has 3 rings (SSSR count). The van der Waals surface area contributed by atoms with Gasteiger partial charge in [0.25, 0.3) is 0 Å². The molecule has 0 amide bonds. The maximum absolute atomic E-state index is 3.81. The smallest absolute Gasteiger partial charge is 0.0303 e. The van der Waals surface area contributed by atoms with Crippen LogP contribution >= 0.6 is 0 Å². The van der Waals surface area contributed by atoms with E-state index in [0.29, 0.717) is 5.54 Å². The number of benzene rings is 1. The van der Waals surface area contributed by atoms with E-state index in [-0.39, 0.29) is 0 Å². The normalized spacial score (nSPS) is 22.0. The zero-order valence-electron chi connectivity index (χ0n) is 13.8. The highest BCUT2D eigenvalue weighted by Gasteiger charge is 2.30. The van der Waals surface area contributed by atoms with E-state index in [1.54, 1.807) is 11.1 Å². The van der Waals surface area contributed by atoms with Gasteiger partial charge in [0.2, 0.25) is 0 Å². The lowest BCUT2D eigenvalue weighted by atomic mass is 9.92. The number of hydrogen-bond acceptors (Lipinski definition) is 2. The SMILES string of the molecule is CCC1(CC)CN(Cc2ccc3c(c2)CCC3)CCCN1. The number of hydrogen-bond donors (Lipinski definition) is 1. The van der Waals surface area contributed by atoms with Crippen LogP contribution in [-0.4, -0.2) is 30.1 Å². The molecule has 0 unspecified atom stereocenters. The van der Waals surface area contributed by atoms with E-state index >= 15 is 0 Å². The first-order valence-corrected chi connectivity index (χ1v) is 8.83. The van der Waals surface area contributed by atoms with Crippen molar-refractivity contribution in [1.82, 2.24) is 10.2 Å².